The van der Waals surface area contributed by atoms with Gasteiger partial charge in [0, 0.05) is 19.0 Å². The summed E-state index contributed by atoms with van der Waals surface area (Å²) in [6.45, 7) is 3.13. The number of aromatic nitrogens is 2. The number of aromatic amines is 1. The van der Waals surface area contributed by atoms with Gasteiger partial charge in [0.1, 0.15) is 29.7 Å². The fourth-order valence-electron chi connectivity index (χ4n) is 4.43. The second-order valence-electron chi connectivity index (χ2n) is 10.5. The smallest absolute Gasteiger partial charge is 0.459 e. The number of rotatable bonds is 16. The first-order valence-corrected chi connectivity index (χ1v) is 16.4. The maximum atomic E-state index is 13.6. The molecule has 0 bridgehead atoms. The molecule has 0 radical (unpaired) electrons. The molecule has 1 aliphatic heterocycles. The summed E-state index contributed by atoms with van der Waals surface area (Å²) in [5.74, 6) is 4.73. The van der Waals surface area contributed by atoms with Crippen molar-refractivity contribution in [3.8, 4) is 17.6 Å². The Balaban J connectivity index is 1.64. The number of carbonyl (C=O) groups is 2. The lowest BCUT2D eigenvalue weighted by molar-refractivity contribution is -0.142. The number of methoxy groups -OCH3 is 1. The van der Waals surface area contributed by atoms with E-state index in [-0.39, 0.29) is 30.2 Å². The summed E-state index contributed by atoms with van der Waals surface area (Å²) in [6.07, 6.45) is 3.49. The van der Waals surface area contributed by atoms with Gasteiger partial charge in [-0.25, -0.2) is 9.36 Å². The Labute approximate surface area is 261 Å². The number of hydrogen-bond acceptors (Lipinski definition) is 10. The summed E-state index contributed by atoms with van der Waals surface area (Å²) in [4.78, 5) is 51.1. The molecule has 0 saturated carbocycles. The van der Waals surface area contributed by atoms with E-state index in [9.17, 15) is 28.8 Å². The molecule has 1 aliphatic rings. The third-order valence-electron chi connectivity index (χ3n) is 6.87. The van der Waals surface area contributed by atoms with Crippen LogP contribution < -0.4 is 26.2 Å². The molecule has 14 nitrogen and oxygen atoms in total. The van der Waals surface area contributed by atoms with E-state index >= 15 is 0 Å². The number of aliphatic hydroxyl groups is 1. The highest BCUT2D eigenvalue weighted by Gasteiger charge is 2.39. The van der Waals surface area contributed by atoms with Gasteiger partial charge in [-0.15, -0.1) is 0 Å². The van der Waals surface area contributed by atoms with Gasteiger partial charge in [0.05, 0.1) is 26.4 Å². The van der Waals surface area contributed by atoms with Crippen LogP contribution in [0.4, 0.5) is 0 Å². The van der Waals surface area contributed by atoms with Gasteiger partial charge in [-0.05, 0) is 25.5 Å². The van der Waals surface area contributed by atoms with E-state index in [1.165, 1.54) is 20.2 Å². The molecule has 45 heavy (non-hydrogen) atoms. The second-order valence-corrected chi connectivity index (χ2v) is 12.1. The van der Waals surface area contributed by atoms with Crippen molar-refractivity contribution in [2.75, 3.05) is 20.3 Å². The minimum absolute atomic E-state index is 0.0259. The lowest BCUT2D eigenvalue weighted by atomic mass is 10.1. The van der Waals surface area contributed by atoms with E-state index in [1.54, 1.807) is 30.3 Å². The van der Waals surface area contributed by atoms with E-state index in [4.69, 9.17) is 13.8 Å². The predicted octanol–water partition coefficient (Wildman–Crippen LogP) is 2.37. The van der Waals surface area contributed by atoms with Crippen molar-refractivity contribution in [2.45, 2.75) is 83.3 Å². The summed E-state index contributed by atoms with van der Waals surface area (Å²) in [5, 5.41) is 15.9. The Morgan fingerprint density at radius 2 is 1.93 bits per heavy atom. The number of hydrogen-bond donors (Lipinski definition) is 4. The van der Waals surface area contributed by atoms with Crippen LogP contribution in [-0.2, 0) is 28.2 Å². The molecule has 246 valence electrons. The molecule has 5 atom stereocenters. The maximum Gasteiger partial charge on any atom is 0.459 e. The number of nitrogens with zero attached hydrogens (tertiary/aromatic N) is 1. The van der Waals surface area contributed by atoms with Crippen molar-refractivity contribution in [2.24, 2.45) is 0 Å². The van der Waals surface area contributed by atoms with Crippen LogP contribution in [0.2, 0.25) is 0 Å². The number of amides is 1. The highest BCUT2D eigenvalue weighted by molar-refractivity contribution is 7.52. The Morgan fingerprint density at radius 3 is 2.64 bits per heavy atom. The molecule has 1 fully saturated rings. The number of esters is 1. The molecule has 4 N–H and O–H groups in total. The molecule has 1 amide bonds. The summed E-state index contributed by atoms with van der Waals surface area (Å²) >= 11 is 0. The van der Waals surface area contributed by atoms with E-state index < -0.39 is 56.0 Å². The van der Waals surface area contributed by atoms with Crippen LogP contribution >= 0.6 is 7.75 Å². The van der Waals surface area contributed by atoms with Gasteiger partial charge in [0.2, 0.25) is 5.91 Å². The number of carbonyl (C=O) groups excluding carboxylic acids is 2. The maximum absolute atomic E-state index is 13.6. The first kappa shape index (κ1) is 35.7. The average Bonchev–Trinajstić information content (AvgIpc) is 3.38. The zero-order valence-electron chi connectivity index (χ0n) is 25.7. The molecule has 2 unspecified atom stereocenters. The van der Waals surface area contributed by atoms with Gasteiger partial charge in [-0.1, -0.05) is 62.6 Å². The number of benzene rings is 1. The molecule has 3 rings (SSSR count). The molecule has 1 aromatic heterocycles. The number of aliphatic hydroxyl groups excluding tert-OH is 1. The monoisotopic (exact) mass is 648 g/mol. The first-order valence-electron chi connectivity index (χ1n) is 14.8. The van der Waals surface area contributed by atoms with Crippen LogP contribution in [0.1, 0.15) is 70.6 Å². The Hall–Kier alpha value is -3.73. The molecule has 2 aromatic rings. The number of H-pyrrole nitrogens is 1. The number of para-hydroxylation sites is 1. The SMILES string of the molecule is CCCCCCCC(=O)NCC#Cc1cn(C2C[C@H](O)[C@@H](COP(=O)(N[C@@H](C)C(=O)OC)Oc3ccccc3)O2)c(=O)[nH]c1=O. The third-order valence-corrected chi connectivity index (χ3v) is 8.51. The molecule has 2 heterocycles. The van der Waals surface area contributed by atoms with Crippen LogP contribution in [0.25, 0.3) is 0 Å². The largest absolute Gasteiger partial charge is 0.468 e. The van der Waals surface area contributed by atoms with Gasteiger partial charge in [0.25, 0.3) is 5.56 Å². The second kappa shape index (κ2) is 17.7. The van der Waals surface area contributed by atoms with Crippen LogP contribution in [0.15, 0.2) is 46.1 Å². The molecular weight excluding hydrogens is 607 g/mol. The first-order chi connectivity index (χ1) is 21.5. The van der Waals surface area contributed by atoms with Gasteiger partial charge >= 0.3 is 19.4 Å². The molecule has 15 heteroatoms. The fraction of sp³-hybridized carbons (Fsp3) is 0.533. The van der Waals surface area contributed by atoms with Crippen molar-refractivity contribution in [1.29, 1.82) is 0 Å². The van der Waals surface area contributed by atoms with Crippen LogP contribution in [-0.4, -0.2) is 65.0 Å². The van der Waals surface area contributed by atoms with Crippen molar-refractivity contribution < 1.29 is 37.8 Å². The number of ether oxygens (including phenoxy) is 2. The van der Waals surface area contributed by atoms with Crippen molar-refractivity contribution in [1.82, 2.24) is 20.0 Å². The Kier molecular flexibility index (Phi) is 14.0. The minimum Gasteiger partial charge on any atom is -0.468 e. The van der Waals surface area contributed by atoms with E-state index in [0.717, 1.165) is 36.7 Å². The summed E-state index contributed by atoms with van der Waals surface area (Å²) in [5.41, 5.74) is -1.54. The van der Waals surface area contributed by atoms with Crippen LogP contribution in [0.5, 0.6) is 5.75 Å². The molecule has 1 saturated heterocycles. The Bertz CT molecular complexity index is 1500. The molecule has 0 aliphatic carbocycles. The predicted molar refractivity (Wildman–Crippen MR) is 164 cm³/mol. The molecule has 0 spiro atoms. The lowest BCUT2D eigenvalue weighted by Crippen LogP contribution is -2.36. The zero-order valence-corrected chi connectivity index (χ0v) is 26.5. The topological polar surface area (TPSA) is 187 Å². The van der Waals surface area contributed by atoms with Crippen LogP contribution in [0.3, 0.4) is 0 Å². The van der Waals surface area contributed by atoms with Crippen LogP contribution in [0, 0.1) is 11.8 Å². The van der Waals surface area contributed by atoms with E-state index in [2.05, 4.69) is 38.9 Å². The highest BCUT2D eigenvalue weighted by Crippen LogP contribution is 2.45. The quantitative estimate of drug-likeness (QED) is 0.0906. The lowest BCUT2D eigenvalue weighted by Gasteiger charge is -2.24. The molecular formula is C30H41N4O10P. The van der Waals surface area contributed by atoms with E-state index in [1.807, 2.05) is 0 Å². The Morgan fingerprint density at radius 1 is 1.20 bits per heavy atom. The van der Waals surface area contributed by atoms with Crippen molar-refractivity contribution in [3.05, 3.63) is 62.9 Å². The van der Waals surface area contributed by atoms with Gasteiger partial charge < -0.3 is 24.4 Å². The fourth-order valence-corrected chi connectivity index (χ4v) is 5.93. The highest BCUT2D eigenvalue weighted by atomic mass is 31.2. The average molecular weight is 649 g/mol. The van der Waals surface area contributed by atoms with Gasteiger partial charge in [-0.2, -0.15) is 5.09 Å². The third kappa shape index (κ3) is 11.3. The number of unbranched alkanes of at least 4 members (excludes halogenated alkanes) is 4. The normalized spacial score (nSPS) is 19.5. The number of nitrogens with one attached hydrogen (secondary N) is 3. The molecule has 1 aromatic carbocycles. The minimum atomic E-state index is -4.20. The summed E-state index contributed by atoms with van der Waals surface area (Å²) in [7, 11) is -3.02. The van der Waals surface area contributed by atoms with Crippen molar-refractivity contribution >= 4 is 19.6 Å². The summed E-state index contributed by atoms with van der Waals surface area (Å²) in [6, 6.07) is 7.08. The van der Waals surface area contributed by atoms with Gasteiger partial charge in [-0.3, -0.25) is 28.5 Å². The van der Waals surface area contributed by atoms with Crippen molar-refractivity contribution in [3.63, 3.8) is 0 Å². The zero-order chi connectivity index (χ0) is 32.8. The summed E-state index contributed by atoms with van der Waals surface area (Å²) < 4.78 is 36.3. The van der Waals surface area contributed by atoms with E-state index in [0.29, 0.717) is 6.42 Å². The van der Waals surface area contributed by atoms with Gasteiger partial charge in [0.15, 0.2) is 0 Å². The standard InChI is InChI=1S/C30H41N4O10P/c1-4-5-6-7-11-16-26(36)31-17-12-13-22-19-34(30(39)32-28(22)37)27-18-24(35)25(43-27)20-42-45(40,33-21(2)29(38)41-3)44-23-14-9-8-10-15-23/h8-10,14-15,19,21,24-25,27,35H,4-7,11,16-18,20H2,1-3H3,(H,31,36)(H,33,40)(H,32,37,39)/t21-,24-,25+,27?,45?/m0/s1.